The molecule has 66 heavy (non-hydrogen) atoms. The Kier molecular flexibility index (Phi) is 15.5. The van der Waals surface area contributed by atoms with Gasteiger partial charge in [0, 0.05) is 0 Å². The maximum absolute atomic E-state index is 9.31. The summed E-state index contributed by atoms with van der Waals surface area (Å²) in [6, 6.07) is 25.6. The van der Waals surface area contributed by atoms with E-state index < -0.39 is 53.8 Å². The molecule has 4 aromatic rings. The van der Waals surface area contributed by atoms with Crippen molar-refractivity contribution in [3.05, 3.63) is 105 Å². The Morgan fingerprint density at radius 1 is 0.485 bits per heavy atom. The number of fused-ring (bicyclic) bond motifs is 2. The molecule has 6 rings (SSSR count). The van der Waals surface area contributed by atoms with Crippen molar-refractivity contribution in [2.75, 3.05) is 0 Å². The van der Waals surface area contributed by atoms with Gasteiger partial charge in [0.15, 0.2) is 0 Å². The first-order chi connectivity index (χ1) is 30.2. The van der Waals surface area contributed by atoms with Crippen LogP contribution in [0.5, 0.6) is 0 Å². The van der Waals surface area contributed by atoms with Crippen LogP contribution in [0.25, 0.3) is 34.4 Å². The van der Waals surface area contributed by atoms with Gasteiger partial charge in [0.05, 0.1) is 0 Å². The van der Waals surface area contributed by atoms with E-state index in [9.17, 15) is 17.0 Å². The normalized spacial score (nSPS) is 18.6. The molecule has 0 aliphatic heterocycles. The molecule has 359 valence electrons. The van der Waals surface area contributed by atoms with Crippen molar-refractivity contribution in [2.45, 2.75) is 179 Å². The molecule has 2 aliphatic carbocycles. The second-order valence-corrected chi connectivity index (χ2v) is 88.9. The molecule has 8 heteroatoms. The molecule has 0 N–H and O–H groups in total. The maximum atomic E-state index is 9.31. The van der Waals surface area contributed by atoms with Crippen LogP contribution >= 0.6 is 17.0 Å². The van der Waals surface area contributed by atoms with Crippen LogP contribution in [0.15, 0.2) is 71.8 Å². The summed E-state index contributed by atoms with van der Waals surface area (Å²) in [5, 5.41) is 6.26. The van der Waals surface area contributed by atoms with Gasteiger partial charge in [-0.05, 0) is 0 Å². The van der Waals surface area contributed by atoms with Crippen molar-refractivity contribution in [3.63, 3.8) is 0 Å². The first-order valence-corrected chi connectivity index (χ1v) is 56.2. The Hall–Kier alpha value is -1.09. The van der Waals surface area contributed by atoms with Gasteiger partial charge in [0.2, 0.25) is 0 Å². The molecule has 0 spiro atoms. The SMILES string of the molecule is CCC(C)C1=Cc2c(ccc(C(C)C)c2-c2cc([Si](C)(C)C)cc([Si](C)(C)C)c2)[CH]1[Zr]([Cl])([Cl])([CH]1C(C(C)CC)=Cc2c1ccc(C(C)C)c2-c1cc([Si](C)(C)C)cc([Si](C)(C)C)c1)[SiH](C)C. The molecule has 0 saturated heterocycles. The van der Waals surface area contributed by atoms with Crippen LogP contribution in [0.1, 0.15) is 121 Å². The molecule has 4 aromatic carbocycles. The Labute approximate surface area is 418 Å². The van der Waals surface area contributed by atoms with Gasteiger partial charge < -0.3 is 0 Å². The van der Waals surface area contributed by atoms with E-state index in [1.54, 1.807) is 20.7 Å². The van der Waals surface area contributed by atoms with E-state index in [1.807, 2.05) is 0 Å². The van der Waals surface area contributed by atoms with Gasteiger partial charge in [-0.2, -0.15) is 0 Å². The molecule has 2 aliphatic rings. The molecular formula is C58H89Cl2Si5Zr. The third-order valence-electron chi connectivity index (χ3n) is 16.3. The third kappa shape index (κ3) is 9.79. The van der Waals surface area contributed by atoms with Crippen molar-refractivity contribution in [1.82, 2.24) is 0 Å². The Bertz CT molecular complexity index is 2330. The number of benzene rings is 4. The molecule has 0 saturated carbocycles. The first-order valence-electron chi connectivity index (χ1n) is 25.8. The van der Waals surface area contributed by atoms with E-state index in [0.29, 0.717) is 23.7 Å². The topological polar surface area (TPSA) is 0 Å². The van der Waals surface area contributed by atoms with Gasteiger partial charge in [-0.3, -0.25) is 0 Å². The number of allylic oxidation sites excluding steroid dienone is 2. The number of hydrogen-bond donors (Lipinski definition) is 0. The predicted octanol–water partition coefficient (Wildman–Crippen LogP) is 17.1. The molecule has 0 amide bonds. The monoisotopic (exact) mass is 1090 g/mol. The average molecular weight is 1090 g/mol. The Balaban J connectivity index is 1.75. The minimum atomic E-state index is -5.19. The zero-order valence-electron chi connectivity index (χ0n) is 45.6. The molecule has 0 heterocycles. The minimum absolute atomic E-state index is 0.0494. The van der Waals surface area contributed by atoms with Crippen molar-refractivity contribution < 1.29 is 15.6 Å². The standard InChI is InChI=1S/2C28H41Si2.C2H7Si.2ClH.Zr/c2*1-11-20(4)22-14-21-12-13-26(19(2)3)28(27(21)17-22)23-15-24(29(5,6)7)18-25(16-23)30(8,9)10;1-3-2;;;/h2*12-20H,11H2,1-10H3;3H,1-2H3;2*1H;/q;;;;;+2/p-2. The van der Waals surface area contributed by atoms with Crippen LogP contribution in [0.2, 0.25) is 91.7 Å². The summed E-state index contributed by atoms with van der Waals surface area (Å²) in [4.78, 5) is 0. The second kappa shape index (κ2) is 18.8. The number of rotatable bonds is 15. The van der Waals surface area contributed by atoms with Gasteiger partial charge in [-0.1, -0.05) is 0 Å². The van der Waals surface area contributed by atoms with E-state index in [-0.39, 0.29) is 7.25 Å². The zero-order valence-corrected chi connectivity index (χ0v) is 54.8. The van der Waals surface area contributed by atoms with E-state index in [0.717, 1.165) is 12.8 Å². The van der Waals surface area contributed by atoms with Gasteiger partial charge in [0.25, 0.3) is 0 Å². The quantitative estimate of drug-likeness (QED) is 0.104. The summed E-state index contributed by atoms with van der Waals surface area (Å²) in [5.74, 6) is -0.330. The fourth-order valence-corrected chi connectivity index (χ4v) is 47.5. The van der Waals surface area contributed by atoms with Crippen LogP contribution in [0, 0.1) is 11.8 Å². The van der Waals surface area contributed by atoms with E-state index >= 15 is 0 Å². The molecule has 0 bridgehead atoms. The van der Waals surface area contributed by atoms with Crippen molar-refractivity contribution in [3.8, 4) is 22.3 Å². The fraction of sp³-hybridized carbons (Fsp3) is 0.517. The van der Waals surface area contributed by atoms with Gasteiger partial charge in [0.1, 0.15) is 0 Å². The van der Waals surface area contributed by atoms with E-state index in [4.69, 9.17) is 0 Å². The number of halogens is 2. The second-order valence-electron chi connectivity index (χ2n) is 26.1. The van der Waals surface area contributed by atoms with Crippen LogP contribution in [0.4, 0.5) is 0 Å². The molecule has 0 nitrogen and oxygen atoms in total. The van der Waals surface area contributed by atoms with Gasteiger partial charge >= 0.3 is 422 Å². The Morgan fingerprint density at radius 3 is 1.00 bits per heavy atom. The van der Waals surface area contributed by atoms with Crippen LogP contribution in [0.3, 0.4) is 0 Å². The summed E-state index contributed by atoms with van der Waals surface area (Å²) in [6.07, 6.45) is 7.46. The predicted molar refractivity (Wildman–Crippen MR) is 315 cm³/mol. The molecule has 0 fully saturated rings. The first kappa shape index (κ1) is 54.2. The average Bonchev–Trinajstić information content (AvgIpc) is 3.82. The molecular weight excluding hydrogens is 999 g/mol. The van der Waals surface area contributed by atoms with Crippen molar-refractivity contribution in [1.29, 1.82) is 0 Å². The van der Waals surface area contributed by atoms with Crippen molar-refractivity contribution in [2.24, 2.45) is 11.8 Å². The number of hydrogen-bond acceptors (Lipinski definition) is 0. The van der Waals surface area contributed by atoms with Crippen LogP contribution in [-0.4, -0.2) is 38.2 Å². The van der Waals surface area contributed by atoms with Crippen molar-refractivity contribution >= 4 is 88.1 Å². The summed E-state index contributed by atoms with van der Waals surface area (Å²) in [5.41, 5.74) is 17.3. The molecule has 0 aromatic heterocycles. The molecule has 4 unspecified atom stereocenters. The Morgan fingerprint density at radius 2 is 0.773 bits per heavy atom. The van der Waals surface area contributed by atoms with Gasteiger partial charge in [-0.15, -0.1) is 0 Å². The summed E-state index contributed by atoms with van der Waals surface area (Å²) >= 11 is -5.19. The summed E-state index contributed by atoms with van der Waals surface area (Å²) in [6.45, 7) is 54.5. The van der Waals surface area contributed by atoms with Gasteiger partial charge in [-0.25, -0.2) is 0 Å². The fourth-order valence-electron chi connectivity index (χ4n) is 11.3. The summed E-state index contributed by atoms with van der Waals surface area (Å²) in [7, 11) is 12.0. The third-order valence-corrected chi connectivity index (χ3v) is 76.0. The van der Waals surface area contributed by atoms with E-state index in [2.05, 4.69) is 220 Å². The zero-order chi connectivity index (χ0) is 49.6. The molecule has 0 radical (unpaired) electrons. The van der Waals surface area contributed by atoms with Crippen LogP contribution in [-0.2, 0) is 15.6 Å². The molecule has 4 atom stereocenters. The van der Waals surface area contributed by atoms with E-state index in [1.165, 1.54) is 66.8 Å². The summed E-state index contributed by atoms with van der Waals surface area (Å²) < 4.78 is 0.0988. The van der Waals surface area contributed by atoms with Crippen LogP contribution < -0.4 is 20.7 Å².